The third-order valence-corrected chi connectivity index (χ3v) is 16.5. The molecule has 1 aliphatic heterocycles. The van der Waals surface area contributed by atoms with Gasteiger partial charge in [-0.15, -0.1) is 0 Å². The molecule has 200 valence electrons. The molecule has 1 rings (SSSR count). The highest BCUT2D eigenvalue weighted by Gasteiger charge is 2.42. The summed E-state index contributed by atoms with van der Waals surface area (Å²) in [7, 11) is -4.66. The number of rotatable bonds is 13. The minimum absolute atomic E-state index is 0.0657. The zero-order valence-electron chi connectivity index (χ0n) is 24.0. The summed E-state index contributed by atoms with van der Waals surface area (Å²) >= 11 is 0. The van der Waals surface area contributed by atoms with Crippen LogP contribution < -0.4 is 5.23 Å². The van der Waals surface area contributed by atoms with Crippen molar-refractivity contribution in [3.63, 3.8) is 0 Å². The Bertz CT molecular complexity index is 611. The Kier molecular flexibility index (Phi) is 12.7. The van der Waals surface area contributed by atoms with Crippen LogP contribution in [0.15, 0.2) is 12.2 Å². The fourth-order valence-corrected chi connectivity index (χ4v) is 5.48. The number of ether oxygens (including phenoxy) is 2. The molecule has 1 unspecified atom stereocenters. The van der Waals surface area contributed by atoms with E-state index in [2.05, 4.69) is 85.1 Å². The average Bonchev–Trinajstić information content (AvgIpc) is 2.68. The Labute approximate surface area is 212 Å². The molecule has 6 nitrogen and oxygen atoms in total. The van der Waals surface area contributed by atoms with Gasteiger partial charge in [0.25, 0.3) is 0 Å². The van der Waals surface area contributed by atoms with Gasteiger partial charge in [-0.3, -0.25) is 0 Å². The standard InChI is InChI=1S/C25H54BNO5Si2/c1-24(2,3)33(8,9)31-20-21(27-26(7)28)22(32-34(10,11)25(4,5)6)16-12-14-18-29-23-17-13-15-19-30-23/h12,16,21-23,27-28H,13-15,17-20H2,1-11H3/t21-,22+,23?/m1/s1. The molecule has 9 heteroatoms. The fraction of sp³-hybridized carbons (Fsp3) is 0.920. The Morgan fingerprint density at radius 1 is 1.06 bits per heavy atom. The summed E-state index contributed by atoms with van der Waals surface area (Å²) < 4.78 is 25.0. The molecule has 0 aromatic carbocycles. The van der Waals surface area contributed by atoms with Gasteiger partial charge in [-0.2, -0.15) is 0 Å². The summed E-state index contributed by atoms with van der Waals surface area (Å²) in [6.45, 7) is 26.2. The van der Waals surface area contributed by atoms with Crippen molar-refractivity contribution in [1.82, 2.24) is 5.23 Å². The van der Waals surface area contributed by atoms with Gasteiger partial charge in [-0.1, -0.05) is 53.7 Å². The summed E-state index contributed by atoms with van der Waals surface area (Å²) in [6.07, 6.45) is 8.08. The highest BCUT2D eigenvalue weighted by molar-refractivity contribution is 6.74. The Balaban J connectivity index is 2.97. The summed E-state index contributed by atoms with van der Waals surface area (Å²) in [5.41, 5.74) is 0. The Morgan fingerprint density at radius 3 is 2.18 bits per heavy atom. The Morgan fingerprint density at radius 2 is 1.68 bits per heavy atom. The van der Waals surface area contributed by atoms with Crippen LogP contribution in [-0.4, -0.2) is 67.0 Å². The molecule has 0 amide bonds. The van der Waals surface area contributed by atoms with Crippen molar-refractivity contribution in [1.29, 1.82) is 0 Å². The van der Waals surface area contributed by atoms with Crippen molar-refractivity contribution in [2.75, 3.05) is 19.8 Å². The molecule has 0 saturated carbocycles. The zero-order valence-corrected chi connectivity index (χ0v) is 26.0. The molecule has 0 aliphatic carbocycles. The maximum Gasteiger partial charge on any atom is 0.373 e. The van der Waals surface area contributed by atoms with Crippen LogP contribution in [0.1, 0.15) is 67.2 Å². The second-order valence-electron chi connectivity index (χ2n) is 12.7. The second-order valence-corrected chi connectivity index (χ2v) is 22.3. The van der Waals surface area contributed by atoms with Crippen LogP contribution in [-0.2, 0) is 18.3 Å². The number of nitrogens with one attached hydrogen (secondary N) is 1. The van der Waals surface area contributed by atoms with Crippen LogP contribution in [0, 0.1) is 0 Å². The summed E-state index contributed by atoms with van der Waals surface area (Å²) in [5.74, 6) is 0. The lowest BCUT2D eigenvalue weighted by Gasteiger charge is -2.42. The van der Waals surface area contributed by atoms with Gasteiger partial charge >= 0.3 is 7.05 Å². The third-order valence-electron chi connectivity index (χ3n) is 7.57. The molecule has 0 radical (unpaired) electrons. The summed E-state index contributed by atoms with van der Waals surface area (Å²) in [5, 5.41) is 13.7. The first-order valence-electron chi connectivity index (χ1n) is 13.1. The molecular weight excluding hydrogens is 461 g/mol. The van der Waals surface area contributed by atoms with Gasteiger partial charge in [0.05, 0.1) is 25.4 Å². The van der Waals surface area contributed by atoms with Crippen LogP contribution in [0.4, 0.5) is 0 Å². The van der Waals surface area contributed by atoms with Gasteiger partial charge in [0.1, 0.15) is 0 Å². The maximum absolute atomic E-state index is 10.2. The van der Waals surface area contributed by atoms with Crippen molar-refractivity contribution in [3.05, 3.63) is 12.2 Å². The fourth-order valence-electron chi connectivity index (χ4n) is 3.18. The van der Waals surface area contributed by atoms with Gasteiger partial charge in [0, 0.05) is 6.61 Å². The summed E-state index contributed by atoms with van der Waals surface area (Å²) in [4.78, 5) is 0. The van der Waals surface area contributed by atoms with Crippen LogP contribution in [0.25, 0.3) is 0 Å². The molecule has 1 saturated heterocycles. The van der Waals surface area contributed by atoms with Crippen LogP contribution in [0.3, 0.4) is 0 Å². The van der Waals surface area contributed by atoms with E-state index >= 15 is 0 Å². The van der Waals surface area contributed by atoms with E-state index in [0.29, 0.717) is 13.2 Å². The molecular formula is C25H54BNO5Si2. The molecule has 0 aromatic rings. The van der Waals surface area contributed by atoms with Gasteiger partial charge < -0.3 is 28.6 Å². The second kappa shape index (κ2) is 13.5. The highest BCUT2D eigenvalue weighted by atomic mass is 28.4. The van der Waals surface area contributed by atoms with E-state index in [0.717, 1.165) is 25.9 Å². The molecule has 1 heterocycles. The smallest absolute Gasteiger partial charge is 0.373 e. The van der Waals surface area contributed by atoms with E-state index in [1.807, 2.05) is 0 Å². The van der Waals surface area contributed by atoms with Gasteiger partial charge in [-0.05, 0) is 68.8 Å². The minimum Gasteiger partial charge on any atom is -0.437 e. The monoisotopic (exact) mass is 515 g/mol. The Hall–Kier alpha value is -0.00130. The molecule has 0 bridgehead atoms. The first kappa shape index (κ1) is 32.0. The van der Waals surface area contributed by atoms with Gasteiger partial charge in [0.15, 0.2) is 22.9 Å². The quantitative estimate of drug-likeness (QED) is 0.179. The highest BCUT2D eigenvalue weighted by Crippen LogP contribution is 2.39. The SMILES string of the molecule is CB(O)N[C@H](CO[Si](C)(C)C(C)(C)C)[C@H](C=CCCOC1CCCCO1)O[Si](C)(C)C(C)(C)C. The number of hydrogen-bond acceptors (Lipinski definition) is 6. The zero-order chi connectivity index (χ0) is 26.2. The van der Waals surface area contributed by atoms with E-state index in [9.17, 15) is 5.02 Å². The van der Waals surface area contributed by atoms with Crippen LogP contribution in [0.5, 0.6) is 0 Å². The largest absolute Gasteiger partial charge is 0.437 e. The first-order valence-corrected chi connectivity index (χ1v) is 18.9. The molecule has 1 fully saturated rings. The average molecular weight is 516 g/mol. The minimum atomic E-state index is -2.06. The van der Waals surface area contributed by atoms with E-state index in [-0.39, 0.29) is 28.5 Å². The molecule has 3 atom stereocenters. The lowest BCUT2D eigenvalue weighted by atomic mass is 9.86. The first-order chi connectivity index (χ1) is 15.5. The third kappa shape index (κ3) is 10.9. The van der Waals surface area contributed by atoms with Crippen molar-refractivity contribution in [3.8, 4) is 0 Å². The normalized spacial score (nSPS) is 20.5. The molecule has 1 aliphatic rings. The molecule has 2 N–H and O–H groups in total. The lowest BCUT2D eigenvalue weighted by Crippen LogP contribution is -2.56. The van der Waals surface area contributed by atoms with Crippen molar-refractivity contribution >= 4 is 23.7 Å². The number of hydrogen-bond donors (Lipinski definition) is 2. The van der Waals surface area contributed by atoms with Gasteiger partial charge in [0.2, 0.25) is 0 Å². The topological polar surface area (TPSA) is 69.2 Å². The van der Waals surface area contributed by atoms with Crippen molar-refractivity contribution in [2.45, 2.75) is 129 Å². The van der Waals surface area contributed by atoms with E-state index in [4.69, 9.17) is 18.3 Å². The van der Waals surface area contributed by atoms with E-state index in [1.54, 1.807) is 6.82 Å². The predicted octanol–water partition coefficient (Wildman–Crippen LogP) is 5.96. The molecule has 0 spiro atoms. The van der Waals surface area contributed by atoms with Crippen LogP contribution in [0.2, 0.25) is 43.1 Å². The summed E-state index contributed by atoms with van der Waals surface area (Å²) in [6, 6.07) is -0.151. The molecule has 34 heavy (non-hydrogen) atoms. The van der Waals surface area contributed by atoms with Crippen molar-refractivity contribution < 1.29 is 23.3 Å². The molecule has 0 aromatic heterocycles. The van der Waals surface area contributed by atoms with E-state index in [1.165, 1.54) is 6.42 Å². The van der Waals surface area contributed by atoms with Gasteiger partial charge in [-0.25, -0.2) is 0 Å². The van der Waals surface area contributed by atoms with Crippen LogP contribution >= 0.6 is 0 Å². The lowest BCUT2D eigenvalue weighted by molar-refractivity contribution is -0.161. The van der Waals surface area contributed by atoms with E-state index < -0.39 is 23.7 Å². The van der Waals surface area contributed by atoms with Crippen molar-refractivity contribution in [2.24, 2.45) is 0 Å². The predicted molar refractivity (Wildman–Crippen MR) is 149 cm³/mol. The maximum atomic E-state index is 10.2.